The van der Waals surface area contributed by atoms with Gasteiger partial charge < -0.3 is 14.7 Å². The smallest absolute Gasteiger partial charge is 0.219 e. The van der Waals surface area contributed by atoms with Gasteiger partial charge in [0.1, 0.15) is 18.5 Å². The average Bonchev–Trinajstić information content (AvgIpc) is 2.47. The maximum absolute atomic E-state index is 11.4. The molecule has 1 N–H and O–H groups in total. The molecule has 0 spiro atoms. The summed E-state index contributed by atoms with van der Waals surface area (Å²) in [6.45, 7) is 7.00. The number of ether oxygens (including phenoxy) is 1. The van der Waals surface area contributed by atoms with Gasteiger partial charge in [-0.2, -0.15) is 0 Å². The molecule has 114 valence electrons. The van der Waals surface area contributed by atoms with E-state index in [1.54, 1.807) is 6.92 Å². The Kier molecular flexibility index (Phi) is 3.87. The van der Waals surface area contributed by atoms with Crippen LogP contribution in [0.2, 0.25) is 0 Å². The number of amides is 1. The van der Waals surface area contributed by atoms with Gasteiger partial charge >= 0.3 is 0 Å². The fourth-order valence-corrected chi connectivity index (χ4v) is 3.26. The van der Waals surface area contributed by atoms with Gasteiger partial charge in [-0.1, -0.05) is 17.7 Å². The highest BCUT2D eigenvalue weighted by molar-refractivity contribution is 5.73. The summed E-state index contributed by atoms with van der Waals surface area (Å²) in [7, 11) is 0. The summed E-state index contributed by atoms with van der Waals surface area (Å²) < 4.78 is 5.63. The molecule has 0 bridgehead atoms. The second-order valence-electron chi connectivity index (χ2n) is 5.91. The van der Waals surface area contributed by atoms with E-state index in [0.717, 1.165) is 37.5 Å². The Hall–Kier alpha value is -1.59. The lowest BCUT2D eigenvalue weighted by Gasteiger charge is -2.43. The second kappa shape index (κ2) is 5.66. The Morgan fingerprint density at radius 1 is 1.29 bits per heavy atom. The van der Waals surface area contributed by atoms with Crippen molar-refractivity contribution in [2.24, 2.45) is 0 Å². The molecule has 1 amide bonds. The van der Waals surface area contributed by atoms with Crippen molar-refractivity contribution in [3.05, 3.63) is 29.3 Å². The third kappa shape index (κ3) is 2.76. The van der Waals surface area contributed by atoms with E-state index < -0.39 is 6.10 Å². The summed E-state index contributed by atoms with van der Waals surface area (Å²) in [5.41, 5.74) is 2.23. The van der Waals surface area contributed by atoms with Crippen molar-refractivity contribution >= 4 is 5.91 Å². The number of aliphatic hydroxyl groups excluding tert-OH is 1. The van der Waals surface area contributed by atoms with Gasteiger partial charge in [-0.15, -0.1) is 0 Å². The lowest BCUT2D eigenvalue weighted by Crippen LogP contribution is -2.52. The molecule has 2 aliphatic rings. The maximum atomic E-state index is 11.4. The van der Waals surface area contributed by atoms with E-state index in [0.29, 0.717) is 6.61 Å². The fourth-order valence-electron chi connectivity index (χ4n) is 3.26. The molecular formula is C16H22N2O3. The normalized spacial score (nSPS) is 26.1. The minimum Gasteiger partial charge on any atom is -0.490 e. The maximum Gasteiger partial charge on any atom is 0.219 e. The van der Waals surface area contributed by atoms with Gasteiger partial charge in [0.15, 0.2) is 0 Å². The number of carbonyl (C=O) groups is 1. The number of hydrogen-bond acceptors (Lipinski definition) is 4. The Balaban J connectivity index is 1.82. The minimum atomic E-state index is -0.525. The van der Waals surface area contributed by atoms with Gasteiger partial charge in [0.25, 0.3) is 0 Å². The van der Waals surface area contributed by atoms with E-state index in [4.69, 9.17) is 4.74 Å². The highest BCUT2D eigenvalue weighted by Crippen LogP contribution is 2.37. The minimum absolute atomic E-state index is 0.0391. The molecule has 1 saturated heterocycles. The van der Waals surface area contributed by atoms with E-state index in [2.05, 4.69) is 11.0 Å². The quantitative estimate of drug-likeness (QED) is 0.837. The lowest BCUT2D eigenvalue weighted by molar-refractivity contribution is -0.131. The first-order valence-corrected chi connectivity index (χ1v) is 7.47. The molecule has 2 heterocycles. The van der Waals surface area contributed by atoms with Gasteiger partial charge in [0.2, 0.25) is 5.91 Å². The van der Waals surface area contributed by atoms with Crippen LogP contribution >= 0.6 is 0 Å². The predicted molar refractivity (Wildman–Crippen MR) is 79.2 cm³/mol. The molecule has 3 rings (SSSR count). The van der Waals surface area contributed by atoms with Crippen molar-refractivity contribution < 1.29 is 14.6 Å². The summed E-state index contributed by atoms with van der Waals surface area (Å²) in [5, 5.41) is 10.4. The van der Waals surface area contributed by atoms with Crippen LogP contribution in [0.4, 0.5) is 0 Å². The first-order valence-electron chi connectivity index (χ1n) is 7.47. The first-order chi connectivity index (χ1) is 10.1. The number of hydrogen-bond donors (Lipinski definition) is 1. The van der Waals surface area contributed by atoms with E-state index in [1.807, 2.05) is 24.0 Å². The zero-order valence-electron chi connectivity index (χ0n) is 12.6. The predicted octanol–water partition coefficient (Wildman–Crippen LogP) is 0.954. The van der Waals surface area contributed by atoms with Crippen molar-refractivity contribution in [1.82, 2.24) is 9.80 Å². The monoisotopic (exact) mass is 290 g/mol. The van der Waals surface area contributed by atoms with Gasteiger partial charge in [0.05, 0.1) is 6.04 Å². The lowest BCUT2D eigenvalue weighted by atomic mass is 9.94. The van der Waals surface area contributed by atoms with Crippen LogP contribution in [0.3, 0.4) is 0 Å². The third-order valence-corrected chi connectivity index (χ3v) is 4.41. The summed E-state index contributed by atoms with van der Waals surface area (Å²) in [6.07, 6.45) is -0.525. The molecular weight excluding hydrogens is 268 g/mol. The van der Waals surface area contributed by atoms with E-state index in [-0.39, 0.29) is 11.9 Å². The summed E-state index contributed by atoms with van der Waals surface area (Å²) in [6, 6.07) is 6.07. The molecule has 2 aliphatic heterocycles. The standard InChI is InChI=1S/C16H22N2O3/c1-11-3-4-15-13(9-11)16(14(20)10-21-15)18-7-5-17(6-8-18)12(2)19/h3-4,9,14,16,20H,5-8,10H2,1-2H3. The van der Waals surface area contributed by atoms with Crippen molar-refractivity contribution in [1.29, 1.82) is 0 Å². The topological polar surface area (TPSA) is 53.0 Å². The Morgan fingerprint density at radius 3 is 2.67 bits per heavy atom. The molecule has 21 heavy (non-hydrogen) atoms. The molecule has 1 fully saturated rings. The van der Waals surface area contributed by atoms with Gasteiger partial charge in [-0.3, -0.25) is 9.69 Å². The molecule has 0 saturated carbocycles. The van der Waals surface area contributed by atoms with Crippen LogP contribution < -0.4 is 4.74 Å². The molecule has 1 aromatic rings. The highest BCUT2D eigenvalue weighted by atomic mass is 16.5. The number of carbonyl (C=O) groups excluding carboxylic acids is 1. The average molecular weight is 290 g/mol. The summed E-state index contributed by atoms with van der Waals surface area (Å²) >= 11 is 0. The van der Waals surface area contributed by atoms with Crippen molar-refractivity contribution in [2.75, 3.05) is 32.8 Å². The van der Waals surface area contributed by atoms with Crippen LogP contribution in [-0.4, -0.2) is 59.7 Å². The van der Waals surface area contributed by atoms with Crippen molar-refractivity contribution in [3.8, 4) is 5.75 Å². The number of aryl methyl sites for hydroxylation is 1. The second-order valence-corrected chi connectivity index (χ2v) is 5.91. The molecule has 1 aromatic carbocycles. The molecule has 2 atom stereocenters. The Labute approximate surface area is 125 Å². The number of piperazine rings is 1. The van der Waals surface area contributed by atoms with E-state index in [1.165, 1.54) is 5.56 Å². The van der Waals surface area contributed by atoms with Crippen LogP contribution in [-0.2, 0) is 4.79 Å². The summed E-state index contributed by atoms with van der Waals surface area (Å²) in [5.74, 6) is 0.989. The van der Waals surface area contributed by atoms with Gasteiger partial charge in [-0.05, 0) is 13.0 Å². The van der Waals surface area contributed by atoms with E-state index in [9.17, 15) is 9.90 Å². The van der Waals surface area contributed by atoms with Crippen LogP contribution in [0, 0.1) is 6.92 Å². The molecule has 0 aromatic heterocycles. The number of aliphatic hydroxyl groups is 1. The number of benzene rings is 1. The number of rotatable bonds is 1. The van der Waals surface area contributed by atoms with Crippen molar-refractivity contribution in [2.45, 2.75) is 26.0 Å². The SMILES string of the molecule is CC(=O)N1CCN(C2c3cc(C)ccc3OCC2O)CC1. The zero-order valence-corrected chi connectivity index (χ0v) is 12.6. The zero-order chi connectivity index (χ0) is 15.0. The molecule has 0 radical (unpaired) electrons. The molecule has 5 heteroatoms. The van der Waals surface area contributed by atoms with Crippen LogP contribution in [0.1, 0.15) is 24.1 Å². The Bertz CT molecular complexity index is 538. The largest absolute Gasteiger partial charge is 0.490 e. The fraction of sp³-hybridized carbons (Fsp3) is 0.562. The summed E-state index contributed by atoms with van der Waals surface area (Å²) in [4.78, 5) is 15.6. The number of nitrogens with zero attached hydrogens (tertiary/aromatic N) is 2. The van der Waals surface area contributed by atoms with Crippen LogP contribution in [0.5, 0.6) is 5.75 Å². The van der Waals surface area contributed by atoms with Crippen molar-refractivity contribution in [3.63, 3.8) is 0 Å². The molecule has 2 unspecified atom stereocenters. The third-order valence-electron chi connectivity index (χ3n) is 4.41. The van der Waals surface area contributed by atoms with Crippen LogP contribution in [0.25, 0.3) is 0 Å². The Morgan fingerprint density at radius 2 is 2.00 bits per heavy atom. The highest BCUT2D eigenvalue weighted by Gasteiger charge is 2.35. The number of fused-ring (bicyclic) bond motifs is 1. The van der Waals surface area contributed by atoms with E-state index >= 15 is 0 Å². The van der Waals surface area contributed by atoms with Gasteiger partial charge in [0, 0.05) is 38.7 Å². The van der Waals surface area contributed by atoms with Crippen LogP contribution in [0.15, 0.2) is 18.2 Å². The van der Waals surface area contributed by atoms with Gasteiger partial charge in [-0.25, -0.2) is 0 Å². The first kappa shape index (κ1) is 14.4. The molecule has 5 nitrogen and oxygen atoms in total. The molecule has 0 aliphatic carbocycles.